The van der Waals surface area contributed by atoms with Gasteiger partial charge in [0.1, 0.15) is 0 Å². The second-order valence-electron chi connectivity index (χ2n) is 5.67. The van der Waals surface area contributed by atoms with Gasteiger partial charge in [0.15, 0.2) is 0 Å². The van der Waals surface area contributed by atoms with Crippen LogP contribution in [0.2, 0.25) is 0 Å². The highest BCUT2D eigenvalue weighted by atomic mass is 32.1. The number of ether oxygens (including phenoxy) is 1. The summed E-state index contributed by atoms with van der Waals surface area (Å²) in [6, 6.07) is 14.0. The van der Waals surface area contributed by atoms with E-state index < -0.39 is 0 Å². The number of para-hydroxylation sites is 1. The lowest BCUT2D eigenvalue weighted by Gasteiger charge is -2.06. The molecule has 0 spiro atoms. The Morgan fingerprint density at radius 3 is 2.80 bits per heavy atom. The van der Waals surface area contributed by atoms with Gasteiger partial charge in [-0.1, -0.05) is 18.2 Å². The predicted molar refractivity (Wildman–Crippen MR) is 99.8 cm³/mol. The molecular formula is C19H21N3O2S. The minimum Gasteiger partial charge on any atom is -0.450 e. The number of carbonyl (C=O) groups excluding carboxylic acids is 1. The summed E-state index contributed by atoms with van der Waals surface area (Å²) in [6.07, 6.45) is 4.72. The monoisotopic (exact) mass is 355 g/mol. The van der Waals surface area contributed by atoms with Gasteiger partial charge in [-0.25, -0.2) is 9.78 Å². The van der Waals surface area contributed by atoms with Gasteiger partial charge in [0, 0.05) is 24.9 Å². The maximum Gasteiger partial charge on any atom is 0.407 e. The molecule has 1 N–H and O–H groups in total. The third kappa shape index (κ3) is 5.53. The van der Waals surface area contributed by atoms with Gasteiger partial charge < -0.3 is 10.1 Å². The third-order valence-corrected chi connectivity index (χ3v) is 4.81. The highest BCUT2D eigenvalue weighted by Crippen LogP contribution is 2.22. The van der Waals surface area contributed by atoms with Gasteiger partial charge in [-0.15, -0.1) is 11.3 Å². The highest BCUT2D eigenvalue weighted by Gasteiger charge is 2.05. The highest BCUT2D eigenvalue weighted by molar-refractivity contribution is 7.18. The van der Waals surface area contributed by atoms with Crippen LogP contribution in [-0.2, 0) is 17.6 Å². The van der Waals surface area contributed by atoms with Gasteiger partial charge in [-0.2, -0.15) is 0 Å². The minimum atomic E-state index is -0.356. The van der Waals surface area contributed by atoms with Crippen molar-refractivity contribution < 1.29 is 9.53 Å². The fourth-order valence-corrected chi connectivity index (χ4v) is 3.48. The number of carbonyl (C=O) groups is 1. The molecule has 1 amide bonds. The predicted octanol–water partition coefficient (Wildman–Crippen LogP) is 3.98. The number of benzene rings is 1. The normalized spacial score (nSPS) is 10.7. The number of aryl methyl sites for hydroxylation is 2. The average Bonchev–Trinajstić information content (AvgIpc) is 3.06. The number of hydrogen-bond donors (Lipinski definition) is 1. The quantitative estimate of drug-likeness (QED) is 0.621. The second-order valence-corrected chi connectivity index (χ2v) is 6.78. The maximum atomic E-state index is 11.6. The molecule has 1 aromatic carbocycles. The fraction of sp³-hybridized carbons (Fsp3) is 0.316. The summed E-state index contributed by atoms with van der Waals surface area (Å²) in [5.41, 5.74) is 2.07. The summed E-state index contributed by atoms with van der Waals surface area (Å²) in [7, 11) is 0. The molecular weight excluding hydrogens is 334 g/mol. The van der Waals surface area contributed by atoms with Gasteiger partial charge in [-0.05, 0) is 43.5 Å². The number of nitrogens with zero attached hydrogens (tertiary/aromatic N) is 2. The lowest BCUT2D eigenvalue weighted by molar-refractivity contribution is 0.145. The average molecular weight is 355 g/mol. The second kappa shape index (κ2) is 9.13. The molecule has 0 bridgehead atoms. The maximum absolute atomic E-state index is 11.6. The Morgan fingerprint density at radius 1 is 1.08 bits per heavy atom. The molecule has 0 aliphatic heterocycles. The lowest BCUT2D eigenvalue weighted by atomic mass is 10.2. The van der Waals surface area contributed by atoms with E-state index in [1.165, 1.54) is 4.70 Å². The van der Waals surface area contributed by atoms with Crippen LogP contribution in [0, 0.1) is 0 Å². The standard InChI is InChI=1S/C19H21N3O2S/c23-19(21-13-5-8-15-7-3-4-12-20-15)24-14-6-11-18-22-16-9-1-2-10-17(16)25-18/h1-4,7,9-10,12H,5-6,8,11,13-14H2,(H,21,23). The third-order valence-electron chi connectivity index (χ3n) is 3.71. The Balaban J connectivity index is 1.27. The zero-order chi connectivity index (χ0) is 17.3. The van der Waals surface area contributed by atoms with Crippen molar-refractivity contribution in [3.05, 3.63) is 59.4 Å². The number of rotatable bonds is 8. The molecule has 0 aliphatic rings. The van der Waals surface area contributed by atoms with E-state index >= 15 is 0 Å². The lowest BCUT2D eigenvalue weighted by Crippen LogP contribution is -2.26. The van der Waals surface area contributed by atoms with E-state index in [1.54, 1.807) is 17.5 Å². The van der Waals surface area contributed by atoms with Crippen LogP contribution in [0.1, 0.15) is 23.5 Å². The van der Waals surface area contributed by atoms with Crippen LogP contribution in [0.5, 0.6) is 0 Å². The van der Waals surface area contributed by atoms with Crippen LogP contribution in [0.25, 0.3) is 10.2 Å². The number of amides is 1. The Morgan fingerprint density at radius 2 is 1.96 bits per heavy atom. The smallest absolute Gasteiger partial charge is 0.407 e. The van der Waals surface area contributed by atoms with Crippen molar-refractivity contribution in [1.82, 2.24) is 15.3 Å². The largest absolute Gasteiger partial charge is 0.450 e. The molecule has 0 radical (unpaired) electrons. The first kappa shape index (κ1) is 17.4. The van der Waals surface area contributed by atoms with Crippen LogP contribution in [-0.4, -0.2) is 29.2 Å². The fourth-order valence-electron chi connectivity index (χ4n) is 2.47. The van der Waals surface area contributed by atoms with Gasteiger partial charge >= 0.3 is 6.09 Å². The van der Waals surface area contributed by atoms with Crippen LogP contribution in [0.3, 0.4) is 0 Å². The number of hydrogen-bond acceptors (Lipinski definition) is 5. The first-order chi connectivity index (χ1) is 12.3. The number of pyridine rings is 1. The summed E-state index contributed by atoms with van der Waals surface area (Å²) >= 11 is 1.70. The molecule has 2 heterocycles. The summed E-state index contributed by atoms with van der Waals surface area (Å²) < 4.78 is 6.40. The molecule has 0 fully saturated rings. The minimum absolute atomic E-state index is 0.356. The van der Waals surface area contributed by atoms with E-state index in [0.29, 0.717) is 13.2 Å². The Labute approximate surface area is 151 Å². The van der Waals surface area contributed by atoms with E-state index in [1.807, 2.05) is 36.4 Å². The van der Waals surface area contributed by atoms with Crippen LogP contribution in [0.15, 0.2) is 48.7 Å². The molecule has 0 unspecified atom stereocenters. The van der Waals surface area contributed by atoms with Crippen LogP contribution < -0.4 is 5.32 Å². The molecule has 0 saturated heterocycles. The van der Waals surface area contributed by atoms with Gasteiger partial charge in [-0.3, -0.25) is 4.98 Å². The Hall–Kier alpha value is -2.47. The molecule has 0 atom stereocenters. The van der Waals surface area contributed by atoms with Gasteiger partial charge in [0.2, 0.25) is 0 Å². The summed E-state index contributed by atoms with van der Waals surface area (Å²) in [4.78, 5) is 20.5. The molecule has 130 valence electrons. The summed E-state index contributed by atoms with van der Waals surface area (Å²) in [6.45, 7) is 0.995. The Kier molecular flexibility index (Phi) is 6.34. The summed E-state index contributed by atoms with van der Waals surface area (Å²) in [5.74, 6) is 0. The summed E-state index contributed by atoms with van der Waals surface area (Å²) in [5, 5.41) is 3.85. The number of aromatic nitrogens is 2. The van der Waals surface area contributed by atoms with Crippen LogP contribution >= 0.6 is 11.3 Å². The van der Waals surface area contributed by atoms with Gasteiger partial charge in [0.25, 0.3) is 0 Å². The molecule has 0 saturated carbocycles. The number of alkyl carbamates (subject to hydrolysis) is 1. The van der Waals surface area contributed by atoms with Crippen molar-refractivity contribution >= 4 is 27.6 Å². The number of thiazole rings is 1. The molecule has 2 aromatic heterocycles. The first-order valence-electron chi connectivity index (χ1n) is 8.46. The molecule has 3 rings (SSSR count). The van der Waals surface area contributed by atoms with Crippen molar-refractivity contribution in [2.24, 2.45) is 0 Å². The van der Waals surface area contributed by atoms with Crippen molar-refractivity contribution in [2.45, 2.75) is 25.7 Å². The van der Waals surface area contributed by atoms with Crippen LogP contribution in [0.4, 0.5) is 4.79 Å². The zero-order valence-corrected chi connectivity index (χ0v) is 14.8. The molecule has 6 heteroatoms. The van der Waals surface area contributed by atoms with Crippen molar-refractivity contribution in [1.29, 1.82) is 0 Å². The van der Waals surface area contributed by atoms with Crippen molar-refractivity contribution in [2.75, 3.05) is 13.2 Å². The SMILES string of the molecule is O=C(NCCCc1ccccn1)OCCCc1nc2ccccc2s1. The van der Waals surface area contributed by atoms with E-state index in [2.05, 4.69) is 21.4 Å². The van der Waals surface area contributed by atoms with E-state index in [4.69, 9.17) is 4.74 Å². The topological polar surface area (TPSA) is 64.1 Å². The first-order valence-corrected chi connectivity index (χ1v) is 9.28. The van der Waals surface area contributed by atoms with Gasteiger partial charge in [0.05, 0.1) is 21.8 Å². The number of fused-ring (bicyclic) bond motifs is 1. The molecule has 25 heavy (non-hydrogen) atoms. The van der Waals surface area contributed by atoms with Crippen molar-refractivity contribution in [3.8, 4) is 0 Å². The van der Waals surface area contributed by atoms with E-state index in [9.17, 15) is 4.79 Å². The van der Waals surface area contributed by atoms with E-state index in [0.717, 1.165) is 41.9 Å². The molecule has 0 aliphatic carbocycles. The van der Waals surface area contributed by atoms with Crippen molar-refractivity contribution in [3.63, 3.8) is 0 Å². The van der Waals surface area contributed by atoms with E-state index in [-0.39, 0.29) is 6.09 Å². The number of nitrogens with one attached hydrogen (secondary N) is 1. The zero-order valence-electron chi connectivity index (χ0n) is 14.0. The molecule has 3 aromatic rings. The Bertz CT molecular complexity index is 772. The molecule has 5 nitrogen and oxygen atoms in total.